The van der Waals surface area contributed by atoms with Crippen molar-refractivity contribution in [3.63, 3.8) is 0 Å². The van der Waals surface area contributed by atoms with E-state index in [0.29, 0.717) is 36.3 Å². The molecule has 0 saturated carbocycles. The summed E-state index contributed by atoms with van der Waals surface area (Å²) in [6, 6.07) is 4.84. The summed E-state index contributed by atoms with van der Waals surface area (Å²) in [6.07, 6.45) is -5.24. The Bertz CT molecular complexity index is 1080. The van der Waals surface area contributed by atoms with Gasteiger partial charge in [-0.25, -0.2) is 0 Å². The van der Waals surface area contributed by atoms with E-state index < -0.39 is 46.5 Å². The highest BCUT2D eigenvalue weighted by Gasteiger charge is 2.35. The van der Waals surface area contributed by atoms with Crippen molar-refractivity contribution in [1.82, 2.24) is 0 Å². The quantitative estimate of drug-likeness (QED) is 0.385. The summed E-state index contributed by atoms with van der Waals surface area (Å²) in [5.74, 6) is -1.20. The molecule has 0 saturated heterocycles. The Kier molecular flexibility index (Phi) is 6.72. The molecule has 0 spiro atoms. The smallest absolute Gasteiger partial charge is 0.418 e. The number of nitrogens with zero attached hydrogens (tertiary/aromatic N) is 1. The van der Waals surface area contributed by atoms with E-state index >= 15 is 0 Å². The topological polar surface area (TPSA) is 117 Å². The fourth-order valence-corrected chi connectivity index (χ4v) is 3.09. The third kappa shape index (κ3) is 5.58. The van der Waals surface area contributed by atoms with Gasteiger partial charge in [-0.2, -0.15) is 13.2 Å². The van der Waals surface area contributed by atoms with Gasteiger partial charge in [0.2, 0.25) is 0 Å². The number of hydrogen-bond donors (Lipinski definition) is 1. The number of carbonyl (C=O) groups excluding carboxylic acids is 2. The average molecular weight is 475 g/mol. The van der Waals surface area contributed by atoms with E-state index in [2.05, 4.69) is 0 Å². The maximum absolute atomic E-state index is 13.2. The first-order valence-electron chi connectivity index (χ1n) is 8.93. The molecule has 13 heteroatoms. The normalized spacial score (nSPS) is 12.8. The molecule has 9 nitrogen and oxygen atoms in total. The first-order chi connectivity index (χ1) is 15.0. The third-order valence-electron chi connectivity index (χ3n) is 4.16. The molecule has 3 rings (SSSR count). The van der Waals surface area contributed by atoms with Gasteiger partial charge in [-0.05, 0) is 23.8 Å². The monoisotopic (exact) mass is 474 g/mol. The second kappa shape index (κ2) is 9.30. The largest absolute Gasteiger partial charge is 0.486 e. The predicted molar refractivity (Wildman–Crippen MR) is 104 cm³/mol. The number of benzene rings is 2. The number of nitrogens with one attached hydrogen (secondary N) is 1. The van der Waals surface area contributed by atoms with Crippen molar-refractivity contribution in [1.29, 1.82) is 0 Å². The number of nitro groups is 1. The van der Waals surface area contributed by atoms with Crippen LogP contribution in [-0.4, -0.2) is 36.6 Å². The third-order valence-corrected chi connectivity index (χ3v) is 4.44. The van der Waals surface area contributed by atoms with Crippen LogP contribution in [0.25, 0.3) is 0 Å². The Labute approximate surface area is 183 Å². The lowest BCUT2D eigenvalue weighted by Gasteiger charge is -2.20. The van der Waals surface area contributed by atoms with E-state index in [-0.39, 0.29) is 11.4 Å². The molecule has 1 N–H and O–H groups in total. The van der Waals surface area contributed by atoms with Crippen LogP contribution in [0, 0.1) is 10.1 Å². The van der Waals surface area contributed by atoms with Gasteiger partial charge in [0.05, 0.1) is 27.6 Å². The molecule has 32 heavy (non-hydrogen) atoms. The lowest BCUT2D eigenvalue weighted by atomic mass is 10.1. The lowest BCUT2D eigenvalue weighted by Crippen LogP contribution is -2.23. The second-order valence-electron chi connectivity index (χ2n) is 6.47. The molecule has 0 bridgehead atoms. The Morgan fingerprint density at radius 2 is 1.91 bits per heavy atom. The molecule has 1 aliphatic heterocycles. The zero-order valence-electron chi connectivity index (χ0n) is 16.0. The van der Waals surface area contributed by atoms with E-state index in [1.807, 2.05) is 5.32 Å². The second-order valence-corrected chi connectivity index (χ2v) is 6.88. The number of esters is 1. The van der Waals surface area contributed by atoms with Crippen molar-refractivity contribution in [3.8, 4) is 11.5 Å². The minimum Gasteiger partial charge on any atom is -0.486 e. The number of fused-ring (bicyclic) bond motifs is 1. The van der Waals surface area contributed by atoms with Crippen LogP contribution in [0.1, 0.15) is 11.1 Å². The number of rotatable bonds is 6. The molecule has 0 aromatic heterocycles. The number of nitro benzene ring substituents is 1. The van der Waals surface area contributed by atoms with Gasteiger partial charge in [0, 0.05) is 12.1 Å². The standard InChI is InChI=1S/C19H14ClF3N2O7/c20-13-5-10(6-15-18(13)31-4-3-30-15)7-17(27)32-9-16(26)24-14-2-1-11(25(28)29)8-12(14)19(21,22)23/h1-2,5-6,8H,3-4,7,9H2,(H,24,26). The number of carbonyl (C=O) groups is 2. The van der Waals surface area contributed by atoms with Crippen molar-refractivity contribution < 1.29 is 41.9 Å². The number of hydrogen-bond acceptors (Lipinski definition) is 7. The molecule has 0 radical (unpaired) electrons. The van der Waals surface area contributed by atoms with E-state index in [1.54, 1.807) is 0 Å². The Morgan fingerprint density at radius 3 is 2.59 bits per heavy atom. The zero-order valence-corrected chi connectivity index (χ0v) is 16.8. The van der Waals surface area contributed by atoms with Crippen LogP contribution in [0.2, 0.25) is 5.02 Å². The minimum atomic E-state index is -4.96. The molecule has 170 valence electrons. The Balaban J connectivity index is 1.61. The summed E-state index contributed by atoms with van der Waals surface area (Å²) in [4.78, 5) is 33.7. The van der Waals surface area contributed by atoms with Gasteiger partial charge >= 0.3 is 12.1 Å². The number of alkyl halides is 3. The van der Waals surface area contributed by atoms with Crippen LogP contribution < -0.4 is 14.8 Å². The molecular weight excluding hydrogens is 461 g/mol. The summed E-state index contributed by atoms with van der Waals surface area (Å²) in [6.45, 7) is -0.237. The Hall–Kier alpha value is -3.54. The van der Waals surface area contributed by atoms with Crippen molar-refractivity contribution in [2.75, 3.05) is 25.1 Å². The number of amides is 1. The molecule has 1 heterocycles. The van der Waals surface area contributed by atoms with Crippen molar-refractivity contribution in [3.05, 3.63) is 56.6 Å². The Morgan fingerprint density at radius 1 is 1.19 bits per heavy atom. The van der Waals surface area contributed by atoms with Gasteiger partial charge in [0.1, 0.15) is 13.2 Å². The fraction of sp³-hybridized carbons (Fsp3) is 0.263. The van der Waals surface area contributed by atoms with Crippen molar-refractivity contribution >= 4 is 34.9 Å². The minimum absolute atomic E-state index is 0.223. The number of anilines is 1. The van der Waals surface area contributed by atoms with Crippen molar-refractivity contribution in [2.45, 2.75) is 12.6 Å². The first kappa shape index (κ1) is 23.1. The lowest BCUT2D eigenvalue weighted by molar-refractivity contribution is -0.385. The summed E-state index contributed by atoms with van der Waals surface area (Å²) in [5.41, 5.74) is -2.49. The van der Waals surface area contributed by atoms with Gasteiger partial charge in [0.25, 0.3) is 11.6 Å². The number of ether oxygens (including phenoxy) is 3. The SMILES string of the molecule is O=C(COC(=O)Cc1cc(Cl)c2c(c1)OCCO2)Nc1ccc([N+](=O)[O-])cc1C(F)(F)F. The number of non-ortho nitro benzene ring substituents is 1. The van der Waals surface area contributed by atoms with E-state index in [1.165, 1.54) is 12.1 Å². The van der Waals surface area contributed by atoms with Crippen LogP contribution in [0.15, 0.2) is 30.3 Å². The summed E-state index contributed by atoms with van der Waals surface area (Å²) in [7, 11) is 0. The number of halogens is 4. The summed E-state index contributed by atoms with van der Waals surface area (Å²) in [5, 5.41) is 12.9. The molecule has 1 aliphatic rings. The molecule has 0 atom stereocenters. The zero-order chi connectivity index (χ0) is 23.5. The maximum Gasteiger partial charge on any atom is 0.418 e. The molecule has 0 fully saturated rings. The van der Waals surface area contributed by atoms with Crippen LogP contribution in [0.5, 0.6) is 11.5 Å². The van der Waals surface area contributed by atoms with Crippen LogP contribution >= 0.6 is 11.6 Å². The molecule has 1 amide bonds. The van der Waals surface area contributed by atoms with Crippen LogP contribution in [-0.2, 0) is 26.9 Å². The first-order valence-corrected chi connectivity index (χ1v) is 9.31. The van der Waals surface area contributed by atoms with E-state index in [9.17, 15) is 32.9 Å². The van der Waals surface area contributed by atoms with Crippen LogP contribution in [0.3, 0.4) is 0 Å². The van der Waals surface area contributed by atoms with E-state index in [4.69, 9.17) is 25.8 Å². The molecular formula is C19H14ClF3N2O7. The molecule has 2 aromatic rings. The average Bonchev–Trinajstić information content (AvgIpc) is 2.71. The molecule has 2 aromatic carbocycles. The fourth-order valence-electron chi connectivity index (χ4n) is 2.81. The summed E-state index contributed by atoms with van der Waals surface area (Å²) < 4.78 is 55.0. The van der Waals surface area contributed by atoms with Gasteiger partial charge in [0.15, 0.2) is 18.1 Å². The van der Waals surface area contributed by atoms with Crippen LogP contribution in [0.4, 0.5) is 24.5 Å². The molecule has 0 aliphatic carbocycles. The van der Waals surface area contributed by atoms with Gasteiger partial charge in [-0.1, -0.05) is 11.6 Å². The highest BCUT2D eigenvalue weighted by molar-refractivity contribution is 6.32. The van der Waals surface area contributed by atoms with Gasteiger partial charge in [-0.3, -0.25) is 19.7 Å². The van der Waals surface area contributed by atoms with Gasteiger partial charge < -0.3 is 19.5 Å². The summed E-state index contributed by atoms with van der Waals surface area (Å²) >= 11 is 6.08. The highest BCUT2D eigenvalue weighted by Crippen LogP contribution is 2.39. The van der Waals surface area contributed by atoms with E-state index in [0.717, 1.165) is 12.1 Å². The van der Waals surface area contributed by atoms with Gasteiger partial charge in [-0.15, -0.1) is 0 Å². The predicted octanol–water partition coefficient (Wildman–Crippen LogP) is 3.76. The van der Waals surface area contributed by atoms with Crippen molar-refractivity contribution in [2.24, 2.45) is 0 Å². The highest BCUT2D eigenvalue weighted by atomic mass is 35.5. The molecule has 0 unspecified atom stereocenters. The maximum atomic E-state index is 13.2.